The lowest BCUT2D eigenvalue weighted by atomic mass is 10.1. The molecule has 1 aliphatic heterocycles. The number of hydrogen-bond donors (Lipinski definition) is 1. The number of methoxy groups -OCH3 is 1. The summed E-state index contributed by atoms with van der Waals surface area (Å²) < 4.78 is 10.5. The van der Waals surface area contributed by atoms with Crippen molar-refractivity contribution in [2.45, 2.75) is 20.8 Å². The van der Waals surface area contributed by atoms with Gasteiger partial charge in [-0.3, -0.25) is 4.90 Å². The van der Waals surface area contributed by atoms with Crippen molar-refractivity contribution in [2.75, 3.05) is 46.4 Å². The number of esters is 1. The zero-order chi connectivity index (χ0) is 16.4. The van der Waals surface area contributed by atoms with Gasteiger partial charge >= 0.3 is 5.97 Å². The summed E-state index contributed by atoms with van der Waals surface area (Å²) in [5.41, 5.74) is 1.51. The third-order valence-electron chi connectivity index (χ3n) is 3.47. The molecule has 1 aromatic carbocycles. The second-order valence-electron chi connectivity index (χ2n) is 4.91. The van der Waals surface area contributed by atoms with Gasteiger partial charge in [-0.15, -0.1) is 0 Å². The van der Waals surface area contributed by atoms with E-state index in [2.05, 4.69) is 10.2 Å². The molecule has 1 N–H and O–H groups in total. The van der Waals surface area contributed by atoms with Gasteiger partial charge in [-0.25, -0.2) is 4.79 Å². The number of hydrogen-bond acceptors (Lipinski definition) is 5. The van der Waals surface area contributed by atoms with E-state index in [4.69, 9.17) is 9.47 Å². The summed E-state index contributed by atoms with van der Waals surface area (Å²) in [5, 5.41) is 3.33. The van der Waals surface area contributed by atoms with Gasteiger partial charge in [-0.2, -0.15) is 0 Å². The Labute approximate surface area is 133 Å². The fourth-order valence-electron chi connectivity index (χ4n) is 2.28. The number of piperazine rings is 1. The Kier molecular flexibility index (Phi) is 8.55. The highest BCUT2D eigenvalue weighted by Crippen LogP contribution is 2.19. The van der Waals surface area contributed by atoms with Crippen molar-refractivity contribution in [2.24, 2.45) is 0 Å². The van der Waals surface area contributed by atoms with E-state index in [-0.39, 0.29) is 5.97 Å². The molecule has 0 amide bonds. The third kappa shape index (κ3) is 5.66. The molecule has 1 aromatic rings. The van der Waals surface area contributed by atoms with Crippen molar-refractivity contribution >= 4 is 5.97 Å². The number of rotatable bonds is 5. The first-order valence-corrected chi connectivity index (χ1v) is 7.95. The van der Waals surface area contributed by atoms with E-state index >= 15 is 0 Å². The number of nitrogens with zero attached hydrogens (tertiary/aromatic N) is 1. The molecule has 1 aliphatic rings. The molecule has 0 bridgehead atoms. The molecule has 0 atom stereocenters. The molecule has 2 rings (SSSR count). The van der Waals surface area contributed by atoms with Crippen LogP contribution in [0.4, 0.5) is 0 Å². The first-order valence-electron chi connectivity index (χ1n) is 7.95. The summed E-state index contributed by atoms with van der Waals surface area (Å²) in [6.45, 7) is 11.8. The normalized spacial score (nSPS) is 14.7. The molecule has 1 saturated heterocycles. The highest BCUT2D eigenvalue weighted by atomic mass is 16.5. The summed E-state index contributed by atoms with van der Waals surface area (Å²) in [4.78, 5) is 13.8. The van der Waals surface area contributed by atoms with Gasteiger partial charge in [-0.05, 0) is 30.7 Å². The maximum atomic E-state index is 11.4. The number of carbonyl (C=O) groups excluding carboxylic acids is 1. The SMILES string of the molecule is CC.COC(=O)c1ccc(OCCN2CCNCC2)c(C)c1. The van der Waals surface area contributed by atoms with Crippen molar-refractivity contribution in [1.29, 1.82) is 0 Å². The molecule has 5 nitrogen and oxygen atoms in total. The van der Waals surface area contributed by atoms with Crippen LogP contribution >= 0.6 is 0 Å². The molecule has 1 heterocycles. The van der Waals surface area contributed by atoms with E-state index in [1.807, 2.05) is 26.8 Å². The molecule has 22 heavy (non-hydrogen) atoms. The Hall–Kier alpha value is -1.59. The smallest absolute Gasteiger partial charge is 0.337 e. The zero-order valence-corrected chi connectivity index (χ0v) is 14.1. The number of aryl methyl sites for hydroxylation is 1. The Morgan fingerprint density at radius 2 is 1.95 bits per heavy atom. The van der Waals surface area contributed by atoms with Crippen LogP contribution in [-0.4, -0.2) is 57.3 Å². The monoisotopic (exact) mass is 308 g/mol. The van der Waals surface area contributed by atoms with Crippen LogP contribution < -0.4 is 10.1 Å². The molecule has 5 heteroatoms. The van der Waals surface area contributed by atoms with E-state index < -0.39 is 0 Å². The highest BCUT2D eigenvalue weighted by Gasteiger charge is 2.11. The van der Waals surface area contributed by atoms with E-state index in [1.165, 1.54) is 7.11 Å². The molecule has 0 saturated carbocycles. The minimum Gasteiger partial charge on any atom is -0.492 e. The first-order chi connectivity index (χ1) is 10.7. The summed E-state index contributed by atoms with van der Waals surface area (Å²) >= 11 is 0. The molecule has 0 spiro atoms. The van der Waals surface area contributed by atoms with Gasteiger partial charge in [0.05, 0.1) is 12.7 Å². The van der Waals surface area contributed by atoms with Gasteiger partial charge in [0, 0.05) is 32.7 Å². The first kappa shape index (κ1) is 18.5. The van der Waals surface area contributed by atoms with Crippen LogP contribution in [-0.2, 0) is 4.74 Å². The minimum atomic E-state index is -0.319. The Morgan fingerprint density at radius 1 is 1.27 bits per heavy atom. The molecule has 0 unspecified atom stereocenters. The lowest BCUT2D eigenvalue weighted by molar-refractivity contribution is 0.0600. The van der Waals surface area contributed by atoms with Gasteiger partial charge in [0.2, 0.25) is 0 Å². The van der Waals surface area contributed by atoms with E-state index in [9.17, 15) is 4.79 Å². The van der Waals surface area contributed by atoms with E-state index in [0.29, 0.717) is 12.2 Å². The lowest BCUT2D eigenvalue weighted by Gasteiger charge is -2.27. The third-order valence-corrected chi connectivity index (χ3v) is 3.47. The largest absolute Gasteiger partial charge is 0.492 e. The summed E-state index contributed by atoms with van der Waals surface area (Å²) in [7, 11) is 1.38. The maximum Gasteiger partial charge on any atom is 0.337 e. The average Bonchev–Trinajstić information content (AvgIpc) is 2.58. The van der Waals surface area contributed by atoms with Crippen LogP contribution in [0.1, 0.15) is 29.8 Å². The fourth-order valence-corrected chi connectivity index (χ4v) is 2.28. The minimum absolute atomic E-state index is 0.319. The number of nitrogens with one attached hydrogen (secondary N) is 1. The molecule has 0 aromatic heterocycles. The second kappa shape index (κ2) is 10.2. The second-order valence-corrected chi connectivity index (χ2v) is 4.91. The quantitative estimate of drug-likeness (QED) is 0.844. The molecular weight excluding hydrogens is 280 g/mol. The van der Waals surface area contributed by atoms with Gasteiger partial charge in [0.15, 0.2) is 0 Å². The van der Waals surface area contributed by atoms with Crippen LogP contribution in [0.3, 0.4) is 0 Å². The molecule has 124 valence electrons. The summed E-state index contributed by atoms with van der Waals surface area (Å²) in [6, 6.07) is 5.37. The predicted molar refractivity (Wildman–Crippen MR) is 88.7 cm³/mol. The molecule has 1 fully saturated rings. The van der Waals surface area contributed by atoms with Crippen molar-refractivity contribution in [1.82, 2.24) is 10.2 Å². The van der Waals surface area contributed by atoms with Crippen molar-refractivity contribution < 1.29 is 14.3 Å². The summed E-state index contributed by atoms with van der Waals surface area (Å²) in [5.74, 6) is 0.508. The van der Waals surface area contributed by atoms with Crippen LogP contribution in [0.15, 0.2) is 18.2 Å². The number of ether oxygens (including phenoxy) is 2. The van der Waals surface area contributed by atoms with E-state index in [0.717, 1.165) is 44.0 Å². The Bertz CT molecular complexity index is 457. The maximum absolute atomic E-state index is 11.4. The Morgan fingerprint density at radius 3 is 2.55 bits per heavy atom. The number of carbonyl (C=O) groups is 1. The topological polar surface area (TPSA) is 50.8 Å². The number of benzene rings is 1. The van der Waals surface area contributed by atoms with Crippen LogP contribution in [0.25, 0.3) is 0 Å². The van der Waals surface area contributed by atoms with Crippen LogP contribution in [0, 0.1) is 6.92 Å². The predicted octanol–water partition coefficient (Wildman–Crippen LogP) is 2.09. The van der Waals surface area contributed by atoms with Gasteiger partial charge < -0.3 is 14.8 Å². The zero-order valence-electron chi connectivity index (χ0n) is 14.1. The van der Waals surface area contributed by atoms with Crippen molar-refractivity contribution in [3.8, 4) is 5.75 Å². The fraction of sp³-hybridized carbons (Fsp3) is 0.588. The van der Waals surface area contributed by atoms with Gasteiger partial charge in [0.25, 0.3) is 0 Å². The van der Waals surface area contributed by atoms with Crippen molar-refractivity contribution in [3.05, 3.63) is 29.3 Å². The standard InChI is InChI=1S/C15H22N2O3.C2H6/c1-12-11-13(15(18)19-2)3-4-14(12)20-10-9-17-7-5-16-6-8-17;1-2/h3-4,11,16H,5-10H2,1-2H3;1-2H3. The average molecular weight is 308 g/mol. The summed E-state index contributed by atoms with van der Waals surface area (Å²) in [6.07, 6.45) is 0. The van der Waals surface area contributed by atoms with Gasteiger partial charge in [-0.1, -0.05) is 13.8 Å². The van der Waals surface area contributed by atoms with Crippen LogP contribution in [0.5, 0.6) is 5.75 Å². The van der Waals surface area contributed by atoms with Gasteiger partial charge in [0.1, 0.15) is 12.4 Å². The van der Waals surface area contributed by atoms with Crippen LogP contribution in [0.2, 0.25) is 0 Å². The molecular formula is C17H28N2O3. The van der Waals surface area contributed by atoms with Crippen molar-refractivity contribution in [3.63, 3.8) is 0 Å². The molecule has 0 radical (unpaired) electrons. The molecule has 0 aliphatic carbocycles. The lowest BCUT2D eigenvalue weighted by Crippen LogP contribution is -2.44. The Balaban J connectivity index is 0.00000116. The highest BCUT2D eigenvalue weighted by molar-refractivity contribution is 5.89. The van der Waals surface area contributed by atoms with E-state index in [1.54, 1.807) is 12.1 Å².